The SMILES string of the molecule is Cc1nc(NS(=O)(=O)c2ccccc2)sc1C(=O)NCCc1ccccc1. The van der Waals surface area contributed by atoms with Gasteiger partial charge in [0.1, 0.15) is 4.88 Å². The molecule has 0 aliphatic rings. The largest absolute Gasteiger partial charge is 0.351 e. The highest BCUT2D eigenvalue weighted by Crippen LogP contribution is 2.25. The van der Waals surface area contributed by atoms with Crippen LogP contribution in [0.5, 0.6) is 0 Å². The molecule has 3 rings (SSSR count). The minimum absolute atomic E-state index is 0.145. The average molecular weight is 402 g/mol. The highest BCUT2D eigenvalue weighted by Gasteiger charge is 2.20. The molecule has 0 aliphatic heterocycles. The highest BCUT2D eigenvalue weighted by molar-refractivity contribution is 7.93. The number of carbonyl (C=O) groups excluding carboxylic acids is 1. The number of thiazole rings is 1. The van der Waals surface area contributed by atoms with Crippen LogP contribution in [0.25, 0.3) is 0 Å². The second-order valence-electron chi connectivity index (χ2n) is 5.84. The van der Waals surface area contributed by atoms with Gasteiger partial charge in [0, 0.05) is 6.54 Å². The molecule has 140 valence electrons. The van der Waals surface area contributed by atoms with Gasteiger partial charge in [0.05, 0.1) is 10.6 Å². The van der Waals surface area contributed by atoms with Crippen molar-refractivity contribution < 1.29 is 13.2 Å². The van der Waals surface area contributed by atoms with Crippen LogP contribution in [-0.4, -0.2) is 25.9 Å². The number of anilines is 1. The maximum Gasteiger partial charge on any atom is 0.263 e. The molecule has 1 aromatic heterocycles. The van der Waals surface area contributed by atoms with E-state index in [1.165, 1.54) is 12.1 Å². The number of amides is 1. The summed E-state index contributed by atoms with van der Waals surface area (Å²) in [4.78, 5) is 17.1. The Morgan fingerprint density at radius 3 is 2.33 bits per heavy atom. The molecule has 0 radical (unpaired) electrons. The van der Waals surface area contributed by atoms with Crippen LogP contribution in [-0.2, 0) is 16.4 Å². The van der Waals surface area contributed by atoms with Crippen LogP contribution < -0.4 is 10.0 Å². The monoisotopic (exact) mass is 401 g/mol. The Balaban J connectivity index is 1.64. The van der Waals surface area contributed by atoms with Crippen LogP contribution in [0.1, 0.15) is 20.9 Å². The van der Waals surface area contributed by atoms with E-state index in [-0.39, 0.29) is 15.9 Å². The van der Waals surface area contributed by atoms with Gasteiger partial charge in [-0.05, 0) is 31.0 Å². The fourth-order valence-electron chi connectivity index (χ4n) is 2.47. The van der Waals surface area contributed by atoms with Crippen LogP contribution in [0.4, 0.5) is 5.13 Å². The Kier molecular flexibility index (Phi) is 5.88. The van der Waals surface area contributed by atoms with Crippen molar-refractivity contribution in [2.75, 3.05) is 11.3 Å². The van der Waals surface area contributed by atoms with Crippen molar-refractivity contribution in [1.82, 2.24) is 10.3 Å². The van der Waals surface area contributed by atoms with Gasteiger partial charge in [-0.25, -0.2) is 13.4 Å². The Morgan fingerprint density at radius 2 is 1.67 bits per heavy atom. The van der Waals surface area contributed by atoms with Crippen molar-refractivity contribution >= 4 is 32.4 Å². The summed E-state index contributed by atoms with van der Waals surface area (Å²) < 4.78 is 27.2. The normalized spacial score (nSPS) is 11.1. The molecule has 0 bridgehead atoms. The third kappa shape index (κ3) is 4.93. The summed E-state index contributed by atoms with van der Waals surface area (Å²) in [6, 6.07) is 17.9. The number of benzene rings is 2. The van der Waals surface area contributed by atoms with Gasteiger partial charge in [0.2, 0.25) is 0 Å². The molecule has 1 heterocycles. The molecule has 1 amide bonds. The first-order valence-corrected chi connectivity index (χ1v) is 10.6. The zero-order valence-corrected chi connectivity index (χ0v) is 16.3. The molecule has 0 saturated carbocycles. The third-order valence-electron chi connectivity index (χ3n) is 3.82. The summed E-state index contributed by atoms with van der Waals surface area (Å²) in [5.41, 5.74) is 1.62. The summed E-state index contributed by atoms with van der Waals surface area (Å²) in [6.07, 6.45) is 0.720. The number of carbonyl (C=O) groups is 1. The predicted molar refractivity (Wildman–Crippen MR) is 107 cm³/mol. The summed E-state index contributed by atoms with van der Waals surface area (Å²) in [5, 5.41) is 3.02. The van der Waals surface area contributed by atoms with Crippen LogP contribution in [0, 0.1) is 6.92 Å². The number of rotatable bonds is 7. The molecular weight excluding hydrogens is 382 g/mol. The zero-order valence-electron chi connectivity index (χ0n) is 14.7. The van der Waals surface area contributed by atoms with Gasteiger partial charge in [-0.15, -0.1) is 0 Å². The minimum atomic E-state index is -3.73. The number of hydrogen-bond donors (Lipinski definition) is 2. The summed E-state index contributed by atoms with van der Waals surface area (Å²) >= 11 is 1.02. The second kappa shape index (κ2) is 8.32. The lowest BCUT2D eigenvalue weighted by Gasteiger charge is -2.04. The van der Waals surface area contributed by atoms with E-state index in [0.717, 1.165) is 23.3 Å². The number of sulfonamides is 1. The lowest BCUT2D eigenvalue weighted by molar-refractivity contribution is 0.0957. The van der Waals surface area contributed by atoms with E-state index < -0.39 is 10.0 Å². The Hall–Kier alpha value is -2.71. The Morgan fingerprint density at radius 1 is 1.04 bits per heavy atom. The van der Waals surface area contributed by atoms with Crippen LogP contribution >= 0.6 is 11.3 Å². The van der Waals surface area contributed by atoms with Crippen LogP contribution in [0.15, 0.2) is 65.6 Å². The molecule has 0 spiro atoms. The van der Waals surface area contributed by atoms with E-state index in [1.807, 2.05) is 30.3 Å². The molecule has 3 aromatic rings. The van der Waals surface area contributed by atoms with Crippen molar-refractivity contribution in [3.8, 4) is 0 Å². The summed E-state index contributed by atoms with van der Waals surface area (Å²) in [6.45, 7) is 2.17. The van der Waals surface area contributed by atoms with Gasteiger partial charge in [-0.3, -0.25) is 9.52 Å². The van der Waals surface area contributed by atoms with E-state index in [4.69, 9.17) is 0 Å². The number of hydrogen-bond acceptors (Lipinski definition) is 5. The average Bonchev–Trinajstić information content (AvgIpc) is 3.03. The maximum absolute atomic E-state index is 12.4. The zero-order chi connectivity index (χ0) is 19.3. The highest BCUT2D eigenvalue weighted by atomic mass is 32.2. The van der Waals surface area contributed by atoms with Crippen molar-refractivity contribution in [3.63, 3.8) is 0 Å². The quantitative estimate of drug-likeness (QED) is 0.636. The van der Waals surface area contributed by atoms with Gasteiger partial charge >= 0.3 is 0 Å². The number of aryl methyl sites for hydroxylation is 1. The number of nitrogens with zero attached hydrogens (tertiary/aromatic N) is 1. The smallest absolute Gasteiger partial charge is 0.263 e. The van der Waals surface area contributed by atoms with E-state index in [0.29, 0.717) is 17.1 Å². The molecule has 0 saturated heterocycles. The van der Waals surface area contributed by atoms with Gasteiger partial charge in [0.25, 0.3) is 15.9 Å². The first kappa shape index (κ1) is 19.1. The molecule has 27 heavy (non-hydrogen) atoms. The molecule has 0 atom stereocenters. The topological polar surface area (TPSA) is 88.2 Å². The first-order valence-electron chi connectivity index (χ1n) is 8.33. The standard InChI is InChI=1S/C19H19N3O3S2/c1-14-17(18(23)20-13-12-15-8-4-2-5-9-15)26-19(21-14)22-27(24,25)16-10-6-3-7-11-16/h2-11H,12-13H2,1H3,(H,20,23)(H,21,22). The van der Waals surface area contributed by atoms with Gasteiger partial charge in [-0.2, -0.15) is 0 Å². The minimum Gasteiger partial charge on any atom is -0.351 e. The Bertz CT molecular complexity index is 1020. The van der Waals surface area contributed by atoms with Gasteiger partial charge in [-0.1, -0.05) is 59.9 Å². The molecule has 2 N–H and O–H groups in total. The second-order valence-corrected chi connectivity index (χ2v) is 8.53. The molecule has 0 aliphatic carbocycles. The maximum atomic E-state index is 12.4. The Labute approximate surface area is 162 Å². The molecule has 0 unspecified atom stereocenters. The summed E-state index contributed by atoms with van der Waals surface area (Å²) in [5.74, 6) is -0.258. The van der Waals surface area contributed by atoms with Gasteiger partial charge in [0.15, 0.2) is 5.13 Å². The van der Waals surface area contributed by atoms with Crippen molar-refractivity contribution in [3.05, 3.63) is 76.8 Å². The van der Waals surface area contributed by atoms with Gasteiger partial charge < -0.3 is 5.32 Å². The molecule has 2 aromatic carbocycles. The van der Waals surface area contributed by atoms with E-state index in [1.54, 1.807) is 25.1 Å². The predicted octanol–water partition coefficient (Wildman–Crippen LogP) is 3.22. The molecular formula is C19H19N3O3S2. The van der Waals surface area contributed by atoms with E-state index in [9.17, 15) is 13.2 Å². The third-order valence-corrected chi connectivity index (χ3v) is 6.38. The number of aromatic nitrogens is 1. The van der Waals surface area contributed by atoms with Crippen molar-refractivity contribution in [2.45, 2.75) is 18.2 Å². The van der Waals surface area contributed by atoms with Crippen LogP contribution in [0.2, 0.25) is 0 Å². The van der Waals surface area contributed by atoms with E-state index >= 15 is 0 Å². The van der Waals surface area contributed by atoms with Crippen molar-refractivity contribution in [2.24, 2.45) is 0 Å². The molecule has 0 fully saturated rings. The molecule has 6 nitrogen and oxygen atoms in total. The van der Waals surface area contributed by atoms with E-state index in [2.05, 4.69) is 15.0 Å². The van der Waals surface area contributed by atoms with Crippen molar-refractivity contribution in [1.29, 1.82) is 0 Å². The summed E-state index contributed by atoms with van der Waals surface area (Å²) in [7, 11) is -3.73. The first-order chi connectivity index (χ1) is 13.0. The fraction of sp³-hybridized carbons (Fsp3) is 0.158. The lowest BCUT2D eigenvalue weighted by atomic mass is 10.1. The number of nitrogens with one attached hydrogen (secondary N) is 2. The molecule has 8 heteroatoms. The fourth-order valence-corrected chi connectivity index (χ4v) is 4.61. The lowest BCUT2D eigenvalue weighted by Crippen LogP contribution is -2.25. The van der Waals surface area contributed by atoms with Crippen LogP contribution in [0.3, 0.4) is 0 Å².